The molecule has 2 heteroatoms. The first-order valence-corrected chi connectivity index (χ1v) is 8.86. The molecule has 0 unspecified atom stereocenters. The standard InChI is InChI=1S/C22H24O2/c1-15(2)19-9-10-22(13-21(23)24-14-22)12-20(19)18-8-7-16-5-3-4-6-17(16)11-18/h3-8,11,19-20H,1,9-10,12-14H2,2H3/t19-,20-,22-/m0/s1. The third-order valence-corrected chi connectivity index (χ3v) is 6.02. The van der Waals surface area contributed by atoms with Gasteiger partial charge in [-0.2, -0.15) is 0 Å². The molecule has 1 saturated heterocycles. The fourth-order valence-electron chi connectivity index (χ4n) is 4.69. The van der Waals surface area contributed by atoms with E-state index in [0.717, 1.165) is 19.3 Å². The monoisotopic (exact) mass is 320 g/mol. The van der Waals surface area contributed by atoms with Gasteiger partial charge in [-0.05, 0) is 54.4 Å². The molecule has 1 heterocycles. The van der Waals surface area contributed by atoms with Gasteiger partial charge in [0.15, 0.2) is 0 Å². The predicted octanol–water partition coefficient (Wildman–Crippen LogP) is 5.23. The highest BCUT2D eigenvalue weighted by Gasteiger charge is 2.47. The van der Waals surface area contributed by atoms with E-state index in [1.807, 2.05) is 0 Å². The summed E-state index contributed by atoms with van der Waals surface area (Å²) in [6.45, 7) is 6.99. The van der Waals surface area contributed by atoms with Crippen molar-refractivity contribution in [3.8, 4) is 0 Å². The number of rotatable bonds is 2. The maximum absolute atomic E-state index is 11.7. The molecule has 0 aromatic heterocycles. The number of allylic oxidation sites excluding steroid dienone is 1. The number of carbonyl (C=O) groups is 1. The van der Waals surface area contributed by atoms with Crippen LogP contribution in [0.4, 0.5) is 0 Å². The molecule has 1 aliphatic heterocycles. The van der Waals surface area contributed by atoms with Gasteiger partial charge in [0.25, 0.3) is 0 Å². The van der Waals surface area contributed by atoms with Crippen molar-refractivity contribution in [3.63, 3.8) is 0 Å². The summed E-state index contributed by atoms with van der Waals surface area (Å²) in [5.41, 5.74) is 2.67. The van der Waals surface area contributed by atoms with Crippen molar-refractivity contribution in [1.82, 2.24) is 0 Å². The molecule has 1 spiro atoms. The van der Waals surface area contributed by atoms with Gasteiger partial charge in [0, 0.05) is 5.41 Å². The van der Waals surface area contributed by atoms with Crippen LogP contribution in [0.15, 0.2) is 54.6 Å². The molecule has 24 heavy (non-hydrogen) atoms. The van der Waals surface area contributed by atoms with Crippen molar-refractivity contribution in [1.29, 1.82) is 0 Å². The molecule has 2 aromatic carbocycles. The van der Waals surface area contributed by atoms with Crippen LogP contribution in [0.3, 0.4) is 0 Å². The Bertz CT molecular complexity index is 806. The van der Waals surface area contributed by atoms with Gasteiger partial charge in [-0.3, -0.25) is 4.79 Å². The number of benzene rings is 2. The summed E-state index contributed by atoms with van der Waals surface area (Å²) >= 11 is 0. The largest absolute Gasteiger partial charge is 0.465 e. The zero-order valence-corrected chi connectivity index (χ0v) is 14.3. The van der Waals surface area contributed by atoms with Crippen LogP contribution in [0, 0.1) is 11.3 Å². The molecule has 2 nitrogen and oxygen atoms in total. The molecule has 0 N–H and O–H groups in total. The number of carbonyl (C=O) groups excluding carboxylic acids is 1. The van der Waals surface area contributed by atoms with Crippen LogP contribution < -0.4 is 0 Å². The topological polar surface area (TPSA) is 26.3 Å². The van der Waals surface area contributed by atoms with E-state index in [4.69, 9.17) is 4.74 Å². The van der Waals surface area contributed by atoms with Gasteiger partial charge in [0.2, 0.25) is 0 Å². The zero-order chi connectivity index (χ0) is 16.7. The Morgan fingerprint density at radius 2 is 2.00 bits per heavy atom. The average Bonchev–Trinajstić information content (AvgIpc) is 2.94. The van der Waals surface area contributed by atoms with E-state index < -0.39 is 0 Å². The molecular weight excluding hydrogens is 296 g/mol. The van der Waals surface area contributed by atoms with Crippen LogP contribution in [0.5, 0.6) is 0 Å². The third kappa shape index (κ3) is 2.64. The normalized spacial score (nSPS) is 29.8. The lowest BCUT2D eigenvalue weighted by Crippen LogP contribution is -2.33. The number of hydrogen-bond acceptors (Lipinski definition) is 2. The summed E-state index contributed by atoms with van der Waals surface area (Å²) in [6, 6.07) is 15.3. The lowest BCUT2D eigenvalue weighted by Gasteiger charge is -2.42. The van der Waals surface area contributed by atoms with E-state index in [0.29, 0.717) is 24.9 Å². The molecule has 124 valence electrons. The molecule has 2 aromatic rings. The van der Waals surface area contributed by atoms with Gasteiger partial charge in [-0.1, -0.05) is 54.6 Å². The number of esters is 1. The molecule has 1 saturated carbocycles. The molecule has 2 aliphatic rings. The molecular formula is C22H24O2. The zero-order valence-electron chi connectivity index (χ0n) is 14.3. The number of fused-ring (bicyclic) bond motifs is 1. The second-order valence-electron chi connectivity index (χ2n) is 7.75. The first-order chi connectivity index (χ1) is 11.6. The highest BCUT2D eigenvalue weighted by Crippen LogP contribution is 2.53. The van der Waals surface area contributed by atoms with Crippen LogP contribution in [-0.2, 0) is 9.53 Å². The minimum Gasteiger partial charge on any atom is -0.465 e. The molecule has 1 aliphatic carbocycles. The van der Waals surface area contributed by atoms with Crippen LogP contribution in [-0.4, -0.2) is 12.6 Å². The van der Waals surface area contributed by atoms with Gasteiger partial charge in [-0.15, -0.1) is 0 Å². The first kappa shape index (κ1) is 15.4. The summed E-state index contributed by atoms with van der Waals surface area (Å²) in [5.74, 6) is 0.892. The lowest BCUT2D eigenvalue weighted by molar-refractivity contribution is -0.137. The Labute approximate surface area is 143 Å². The Hall–Kier alpha value is -2.09. The molecule has 0 amide bonds. The van der Waals surface area contributed by atoms with Crippen molar-refractivity contribution in [2.75, 3.05) is 6.61 Å². The predicted molar refractivity (Wildman–Crippen MR) is 96.9 cm³/mol. The second kappa shape index (κ2) is 5.77. The van der Waals surface area contributed by atoms with E-state index in [1.165, 1.54) is 21.9 Å². The summed E-state index contributed by atoms with van der Waals surface area (Å²) in [4.78, 5) is 11.7. The fourth-order valence-corrected chi connectivity index (χ4v) is 4.69. The summed E-state index contributed by atoms with van der Waals surface area (Å²) in [5, 5.41) is 2.56. The van der Waals surface area contributed by atoms with Crippen LogP contribution >= 0.6 is 0 Å². The number of hydrogen-bond donors (Lipinski definition) is 0. The highest BCUT2D eigenvalue weighted by atomic mass is 16.5. The van der Waals surface area contributed by atoms with Gasteiger partial charge in [0.1, 0.15) is 0 Å². The van der Waals surface area contributed by atoms with E-state index >= 15 is 0 Å². The highest BCUT2D eigenvalue weighted by molar-refractivity contribution is 5.83. The first-order valence-electron chi connectivity index (χ1n) is 8.86. The smallest absolute Gasteiger partial charge is 0.306 e. The molecule has 0 radical (unpaired) electrons. The van der Waals surface area contributed by atoms with E-state index in [1.54, 1.807) is 0 Å². The summed E-state index contributed by atoms with van der Waals surface area (Å²) in [6.07, 6.45) is 3.78. The summed E-state index contributed by atoms with van der Waals surface area (Å²) in [7, 11) is 0. The maximum Gasteiger partial charge on any atom is 0.306 e. The SMILES string of the molecule is C=C(C)[C@@H]1CC[C@]2(COC(=O)C2)C[C@H]1c1ccc2ccccc2c1. The quantitative estimate of drug-likeness (QED) is 0.559. The Balaban J connectivity index is 1.72. The van der Waals surface area contributed by atoms with E-state index in [2.05, 4.69) is 56.0 Å². The van der Waals surface area contributed by atoms with Gasteiger partial charge in [0.05, 0.1) is 13.0 Å². The maximum atomic E-state index is 11.7. The third-order valence-electron chi connectivity index (χ3n) is 6.02. The molecule has 3 atom stereocenters. The number of ether oxygens (including phenoxy) is 1. The fraction of sp³-hybridized carbons (Fsp3) is 0.409. The second-order valence-corrected chi connectivity index (χ2v) is 7.75. The Morgan fingerprint density at radius 1 is 1.21 bits per heavy atom. The molecule has 4 rings (SSSR count). The summed E-state index contributed by atoms with van der Waals surface area (Å²) < 4.78 is 5.33. The van der Waals surface area contributed by atoms with Gasteiger partial charge < -0.3 is 4.74 Å². The van der Waals surface area contributed by atoms with Gasteiger partial charge in [-0.25, -0.2) is 0 Å². The number of cyclic esters (lactones) is 1. The van der Waals surface area contributed by atoms with E-state index in [-0.39, 0.29) is 11.4 Å². The van der Waals surface area contributed by atoms with Crippen LogP contribution in [0.1, 0.15) is 44.1 Å². The average molecular weight is 320 g/mol. The van der Waals surface area contributed by atoms with Crippen molar-refractivity contribution >= 4 is 16.7 Å². The minimum atomic E-state index is -0.0268. The molecule has 0 bridgehead atoms. The van der Waals surface area contributed by atoms with Crippen LogP contribution in [0.25, 0.3) is 10.8 Å². The Kier molecular flexibility index (Phi) is 3.71. The van der Waals surface area contributed by atoms with Crippen LogP contribution in [0.2, 0.25) is 0 Å². The van der Waals surface area contributed by atoms with E-state index in [9.17, 15) is 4.79 Å². The minimum absolute atomic E-state index is 0.0268. The van der Waals surface area contributed by atoms with Crippen molar-refractivity contribution in [2.24, 2.45) is 11.3 Å². The molecule has 2 fully saturated rings. The van der Waals surface area contributed by atoms with Gasteiger partial charge >= 0.3 is 5.97 Å². The lowest BCUT2D eigenvalue weighted by atomic mass is 9.61. The van der Waals surface area contributed by atoms with Crippen molar-refractivity contribution < 1.29 is 9.53 Å². The van der Waals surface area contributed by atoms with Crippen molar-refractivity contribution in [2.45, 2.75) is 38.5 Å². The van der Waals surface area contributed by atoms with Crippen molar-refractivity contribution in [3.05, 3.63) is 60.2 Å². The Morgan fingerprint density at radius 3 is 2.71 bits per heavy atom.